The summed E-state index contributed by atoms with van der Waals surface area (Å²) in [6.45, 7) is 7.01. The van der Waals surface area contributed by atoms with Gasteiger partial charge in [-0.2, -0.15) is 0 Å². The molecule has 1 saturated heterocycles. The lowest BCUT2D eigenvalue weighted by molar-refractivity contribution is -0.146. The van der Waals surface area contributed by atoms with Gasteiger partial charge in [-0.15, -0.1) is 0 Å². The fraction of sp³-hybridized carbons (Fsp3) is 0.714. The number of esters is 1. The van der Waals surface area contributed by atoms with Crippen molar-refractivity contribution in [3.8, 4) is 0 Å². The van der Waals surface area contributed by atoms with Crippen LogP contribution in [0.15, 0.2) is 11.6 Å². The predicted molar refractivity (Wildman–Crippen MR) is 70.6 cm³/mol. The minimum absolute atomic E-state index is 0.158. The summed E-state index contributed by atoms with van der Waals surface area (Å²) in [6, 6.07) is -0.458. The Kier molecular flexibility index (Phi) is 3.88. The van der Waals surface area contributed by atoms with Gasteiger partial charge in [0.2, 0.25) is 5.91 Å². The number of carbonyl (C=O) groups is 2. The van der Waals surface area contributed by atoms with Crippen molar-refractivity contribution in [2.45, 2.75) is 58.1 Å². The molecule has 1 N–H and O–H groups in total. The molecule has 1 amide bonds. The van der Waals surface area contributed by atoms with Crippen LogP contribution in [0.2, 0.25) is 0 Å². The average Bonchev–Trinajstić information content (AvgIpc) is 2.59. The van der Waals surface area contributed by atoms with Gasteiger partial charge in [0.25, 0.3) is 0 Å². The van der Waals surface area contributed by atoms with Gasteiger partial charge in [0.05, 0.1) is 18.8 Å². The van der Waals surface area contributed by atoms with Crippen LogP contribution >= 0.6 is 0 Å². The third kappa shape index (κ3) is 2.45. The van der Waals surface area contributed by atoms with Crippen LogP contribution in [0.4, 0.5) is 0 Å². The van der Waals surface area contributed by atoms with E-state index in [0.29, 0.717) is 5.57 Å². The monoisotopic (exact) mass is 283 g/mol. The first-order valence-electron chi connectivity index (χ1n) is 6.81. The standard InChI is InChI=1S/C14H21NO5/c1-5-19-13(18)9-6-10(17)12-11(7-9)20-14(3,4)15(12)8(2)16/h7,10-12,17H,5-6H2,1-4H3/t10-,11+,12?/m1/s1. The highest BCUT2D eigenvalue weighted by Crippen LogP contribution is 2.39. The quantitative estimate of drug-likeness (QED) is 0.751. The van der Waals surface area contributed by atoms with E-state index in [9.17, 15) is 14.7 Å². The van der Waals surface area contributed by atoms with E-state index in [2.05, 4.69) is 0 Å². The maximum atomic E-state index is 11.8. The number of amides is 1. The minimum atomic E-state index is -0.838. The maximum absolute atomic E-state index is 11.8. The molecular formula is C14H21NO5. The lowest BCUT2D eigenvalue weighted by Crippen LogP contribution is -2.53. The molecule has 3 atom stereocenters. The van der Waals surface area contributed by atoms with Gasteiger partial charge < -0.3 is 19.5 Å². The zero-order valence-electron chi connectivity index (χ0n) is 12.3. The average molecular weight is 283 g/mol. The van der Waals surface area contributed by atoms with Gasteiger partial charge >= 0.3 is 5.97 Å². The van der Waals surface area contributed by atoms with Crippen molar-refractivity contribution in [3.63, 3.8) is 0 Å². The molecular weight excluding hydrogens is 262 g/mol. The molecule has 0 bridgehead atoms. The number of rotatable bonds is 2. The van der Waals surface area contributed by atoms with Crippen LogP contribution in [0.3, 0.4) is 0 Å². The number of hydrogen-bond donors (Lipinski definition) is 1. The molecule has 6 nitrogen and oxygen atoms in total. The number of aliphatic hydroxyl groups is 1. The molecule has 0 aromatic carbocycles. The number of carbonyl (C=O) groups excluding carboxylic acids is 2. The highest BCUT2D eigenvalue weighted by atomic mass is 16.5. The number of fused-ring (bicyclic) bond motifs is 1. The van der Waals surface area contributed by atoms with Crippen molar-refractivity contribution in [1.29, 1.82) is 0 Å². The van der Waals surface area contributed by atoms with Crippen molar-refractivity contribution in [2.75, 3.05) is 6.61 Å². The van der Waals surface area contributed by atoms with Gasteiger partial charge in [0.1, 0.15) is 11.8 Å². The first-order chi connectivity index (χ1) is 9.27. The molecule has 1 fully saturated rings. The van der Waals surface area contributed by atoms with Crippen LogP contribution in [0, 0.1) is 0 Å². The summed E-state index contributed by atoms with van der Waals surface area (Å²) in [7, 11) is 0. The normalized spacial score (nSPS) is 31.6. The van der Waals surface area contributed by atoms with Crippen LogP contribution < -0.4 is 0 Å². The summed E-state index contributed by atoms with van der Waals surface area (Å²) >= 11 is 0. The summed E-state index contributed by atoms with van der Waals surface area (Å²) in [5, 5.41) is 10.3. The Balaban J connectivity index is 2.30. The van der Waals surface area contributed by atoms with E-state index >= 15 is 0 Å². The highest BCUT2D eigenvalue weighted by Gasteiger charge is 2.52. The summed E-state index contributed by atoms with van der Waals surface area (Å²) in [5.41, 5.74) is -0.398. The van der Waals surface area contributed by atoms with Crippen LogP contribution in [0.1, 0.15) is 34.1 Å². The molecule has 1 heterocycles. The number of aliphatic hydroxyl groups excluding tert-OH is 1. The SMILES string of the molecule is CCOC(=O)C1=C[C@@H]2OC(C)(C)N(C(C)=O)C2[C@H](O)C1. The number of ether oxygens (including phenoxy) is 2. The highest BCUT2D eigenvalue weighted by molar-refractivity contribution is 5.89. The van der Waals surface area contributed by atoms with E-state index in [4.69, 9.17) is 9.47 Å². The predicted octanol–water partition coefficient (Wildman–Crippen LogP) is 0.592. The molecule has 6 heteroatoms. The molecule has 1 aliphatic heterocycles. The second-order valence-electron chi connectivity index (χ2n) is 5.59. The summed E-state index contributed by atoms with van der Waals surface area (Å²) in [5.74, 6) is -0.595. The molecule has 0 aromatic heterocycles. The topological polar surface area (TPSA) is 76.1 Å². The fourth-order valence-corrected chi connectivity index (χ4v) is 3.07. The Morgan fingerprint density at radius 1 is 1.55 bits per heavy atom. The van der Waals surface area contributed by atoms with Gasteiger partial charge in [0.15, 0.2) is 0 Å². The van der Waals surface area contributed by atoms with E-state index < -0.39 is 29.9 Å². The van der Waals surface area contributed by atoms with E-state index in [0.717, 1.165) is 0 Å². The third-order valence-electron chi connectivity index (χ3n) is 3.70. The first-order valence-corrected chi connectivity index (χ1v) is 6.81. The smallest absolute Gasteiger partial charge is 0.333 e. The molecule has 0 spiro atoms. The van der Waals surface area contributed by atoms with Crippen LogP contribution in [-0.2, 0) is 19.1 Å². The van der Waals surface area contributed by atoms with E-state index in [1.807, 2.05) is 0 Å². The molecule has 0 saturated carbocycles. The van der Waals surface area contributed by atoms with Crippen molar-refractivity contribution in [2.24, 2.45) is 0 Å². The second-order valence-corrected chi connectivity index (χ2v) is 5.59. The zero-order chi connectivity index (χ0) is 15.1. The Morgan fingerprint density at radius 2 is 2.20 bits per heavy atom. The first kappa shape index (κ1) is 15.0. The molecule has 2 rings (SSSR count). The van der Waals surface area contributed by atoms with Crippen LogP contribution in [0.25, 0.3) is 0 Å². The van der Waals surface area contributed by atoms with E-state index in [1.165, 1.54) is 6.92 Å². The number of hydrogen-bond acceptors (Lipinski definition) is 5. The summed E-state index contributed by atoms with van der Waals surface area (Å²) in [6.07, 6.45) is 0.510. The molecule has 0 radical (unpaired) electrons. The van der Waals surface area contributed by atoms with Crippen molar-refractivity contribution in [3.05, 3.63) is 11.6 Å². The lowest BCUT2D eigenvalue weighted by Gasteiger charge is -2.36. The van der Waals surface area contributed by atoms with Gasteiger partial charge in [-0.05, 0) is 26.8 Å². The largest absolute Gasteiger partial charge is 0.463 e. The van der Waals surface area contributed by atoms with Crippen molar-refractivity contribution >= 4 is 11.9 Å². The zero-order valence-corrected chi connectivity index (χ0v) is 12.3. The van der Waals surface area contributed by atoms with E-state index in [1.54, 1.807) is 31.7 Å². The van der Waals surface area contributed by atoms with Crippen molar-refractivity contribution in [1.82, 2.24) is 4.90 Å². The maximum Gasteiger partial charge on any atom is 0.333 e. The van der Waals surface area contributed by atoms with Gasteiger partial charge in [0, 0.05) is 18.9 Å². The Labute approximate surface area is 118 Å². The molecule has 20 heavy (non-hydrogen) atoms. The molecule has 1 aliphatic carbocycles. The molecule has 0 aromatic rings. The van der Waals surface area contributed by atoms with Gasteiger partial charge in [-0.25, -0.2) is 4.79 Å². The molecule has 112 valence electrons. The molecule has 1 unspecified atom stereocenters. The number of nitrogens with zero attached hydrogens (tertiary/aromatic N) is 1. The second kappa shape index (κ2) is 5.18. The Bertz CT molecular complexity index is 456. The van der Waals surface area contributed by atoms with Crippen LogP contribution in [-0.4, -0.2) is 52.5 Å². The van der Waals surface area contributed by atoms with Gasteiger partial charge in [-0.1, -0.05) is 0 Å². The Morgan fingerprint density at radius 3 is 2.75 bits per heavy atom. The Hall–Kier alpha value is -1.40. The fourth-order valence-electron chi connectivity index (χ4n) is 3.07. The summed E-state index contributed by atoms with van der Waals surface area (Å²) < 4.78 is 10.8. The lowest BCUT2D eigenvalue weighted by atomic mass is 9.89. The summed E-state index contributed by atoms with van der Waals surface area (Å²) in [4.78, 5) is 25.1. The molecule has 2 aliphatic rings. The third-order valence-corrected chi connectivity index (χ3v) is 3.70. The van der Waals surface area contributed by atoms with Crippen molar-refractivity contribution < 1.29 is 24.2 Å². The van der Waals surface area contributed by atoms with Gasteiger partial charge in [-0.3, -0.25) is 4.79 Å². The van der Waals surface area contributed by atoms with Crippen LogP contribution in [0.5, 0.6) is 0 Å². The van der Waals surface area contributed by atoms with E-state index in [-0.39, 0.29) is 18.9 Å². The minimum Gasteiger partial charge on any atom is -0.463 e.